The zero-order valence-corrected chi connectivity index (χ0v) is 13.7. The van der Waals surface area contributed by atoms with E-state index in [2.05, 4.69) is 10.6 Å². The summed E-state index contributed by atoms with van der Waals surface area (Å²) in [6, 6.07) is 23.7. The number of carbonyl (C=O) groups excluding carboxylic acids is 1. The smallest absolute Gasteiger partial charge is 0.224 e. The van der Waals surface area contributed by atoms with E-state index in [1.54, 1.807) is 12.1 Å². The molecular weight excluding hydrogens is 315 g/mol. The molecule has 0 saturated carbocycles. The van der Waals surface area contributed by atoms with Gasteiger partial charge >= 0.3 is 0 Å². The molecule has 25 heavy (non-hydrogen) atoms. The molecule has 3 rings (SSSR count). The van der Waals surface area contributed by atoms with Crippen LogP contribution in [0.15, 0.2) is 78.9 Å². The lowest BCUT2D eigenvalue weighted by molar-refractivity contribution is -0.116. The highest BCUT2D eigenvalue weighted by molar-refractivity contribution is 5.91. The summed E-state index contributed by atoms with van der Waals surface area (Å²) in [5, 5.41) is 6.17. The van der Waals surface area contributed by atoms with Gasteiger partial charge in [-0.25, -0.2) is 4.39 Å². The third kappa shape index (κ3) is 5.18. The van der Waals surface area contributed by atoms with E-state index in [1.165, 1.54) is 12.1 Å². The van der Waals surface area contributed by atoms with Gasteiger partial charge in [-0.05, 0) is 60.5 Å². The van der Waals surface area contributed by atoms with E-state index in [1.807, 2.05) is 54.6 Å². The minimum Gasteiger partial charge on any atom is -0.356 e. The van der Waals surface area contributed by atoms with Gasteiger partial charge in [-0.1, -0.05) is 30.3 Å². The maximum Gasteiger partial charge on any atom is 0.224 e. The van der Waals surface area contributed by atoms with Gasteiger partial charge in [0.05, 0.1) is 0 Å². The molecule has 0 aliphatic heterocycles. The monoisotopic (exact) mass is 334 g/mol. The molecule has 0 atom stereocenters. The Bertz CT molecular complexity index is 815. The van der Waals surface area contributed by atoms with Gasteiger partial charge in [-0.3, -0.25) is 4.79 Å². The Kier molecular flexibility index (Phi) is 5.42. The maximum atomic E-state index is 12.9. The molecule has 0 radical (unpaired) electrons. The first-order valence-electron chi connectivity index (χ1n) is 8.15. The third-order valence-corrected chi connectivity index (χ3v) is 3.79. The van der Waals surface area contributed by atoms with Gasteiger partial charge < -0.3 is 10.6 Å². The van der Waals surface area contributed by atoms with E-state index in [-0.39, 0.29) is 11.7 Å². The van der Waals surface area contributed by atoms with Crippen molar-refractivity contribution in [3.63, 3.8) is 0 Å². The van der Waals surface area contributed by atoms with Crippen LogP contribution in [0.4, 0.5) is 21.5 Å². The van der Waals surface area contributed by atoms with E-state index in [0.29, 0.717) is 12.8 Å². The summed E-state index contributed by atoms with van der Waals surface area (Å²) in [5.74, 6) is -0.328. The van der Waals surface area contributed by atoms with Crippen molar-refractivity contribution in [1.29, 1.82) is 0 Å². The molecule has 0 unspecified atom stereocenters. The number of carbonyl (C=O) groups is 1. The number of hydrogen-bond donors (Lipinski definition) is 2. The number of halogens is 1. The summed E-state index contributed by atoms with van der Waals surface area (Å²) in [4.78, 5) is 12.0. The molecule has 0 saturated heterocycles. The van der Waals surface area contributed by atoms with Crippen LogP contribution in [0.25, 0.3) is 0 Å². The van der Waals surface area contributed by atoms with E-state index < -0.39 is 0 Å². The number of rotatable bonds is 6. The van der Waals surface area contributed by atoms with Crippen molar-refractivity contribution >= 4 is 23.0 Å². The highest BCUT2D eigenvalue weighted by atomic mass is 19.1. The summed E-state index contributed by atoms with van der Waals surface area (Å²) in [6.07, 6.45) is 0.940. The normalized spacial score (nSPS) is 10.3. The molecule has 0 aromatic heterocycles. The van der Waals surface area contributed by atoms with Gasteiger partial charge in [0.1, 0.15) is 5.82 Å². The molecule has 4 heteroatoms. The second kappa shape index (κ2) is 8.11. The first kappa shape index (κ1) is 16.7. The Hall–Kier alpha value is -3.14. The molecule has 0 bridgehead atoms. The van der Waals surface area contributed by atoms with E-state index >= 15 is 0 Å². The number of para-hydroxylation sites is 1. The van der Waals surface area contributed by atoms with Gasteiger partial charge in [0.15, 0.2) is 0 Å². The largest absolute Gasteiger partial charge is 0.356 e. The lowest BCUT2D eigenvalue weighted by Gasteiger charge is -2.09. The molecule has 0 heterocycles. The summed E-state index contributed by atoms with van der Waals surface area (Å²) in [6.45, 7) is 0. The Balaban J connectivity index is 1.50. The first-order valence-corrected chi connectivity index (χ1v) is 8.15. The Morgan fingerprint density at radius 2 is 1.36 bits per heavy atom. The third-order valence-electron chi connectivity index (χ3n) is 3.79. The van der Waals surface area contributed by atoms with Crippen LogP contribution in [-0.4, -0.2) is 5.91 Å². The fourth-order valence-electron chi connectivity index (χ4n) is 2.46. The van der Waals surface area contributed by atoms with Crippen LogP contribution in [0, 0.1) is 5.82 Å². The van der Waals surface area contributed by atoms with E-state index in [4.69, 9.17) is 0 Å². The van der Waals surface area contributed by atoms with Crippen LogP contribution in [0.5, 0.6) is 0 Å². The molecule has 126 valence electrons. The summed E-state index contributed by atoms with van der Waals surface area (Å²) in [7, 11) is 0. The van der Waals surface area contributed by atoms with Gasteiger partial charge in [0, 0.05) is 23.5 Å². The average Bonchev–Trinajstić information content (AvgIpc) is 2.64. The number of hydrogen-bond acceptors (Lipinski definition) is 2. The second-order valence-corrected chi connectivity index (χ2v) is 5.74. The van der Waals surface area contributed by atoms with Crippen molar-refractivity contribution in [2.75, 3.05) is 10.6 Å². The minimum atomic E-state index is -0.266. The van der Waals surface area contributed by atoms with Gasteiger partial charge in [0.25, 0.3) is 0 Å². The number of anilines is 3. The number of amides is 1. The van der Waals surface area contributed by atoms with Crippen molar-refractivity contribution < 1.29 is 9.18 Å². The van der Waals surface area contributed by atoms with E-state index in [0.717, 1.165) is 22.6 Å². The summed E-state index contributed by atoms with van der Waals surface area (Å²) in [5.41, 5.74) is 3.66. The van der Waals surface area contributed by atoms with Crippen molar-refractivity contribution in [1.82, 2.24) is 0 Å². The lowest BCUT2D eigenvalue weighted by Crippen LogP contribution is -2.12. The van der Waals surface area contributed by atoms with Crippen LogP contribution in [0.2, 0.25) is 0 Å². The maximum absolute atomic E-state index is 12.9. The molecule has 3 nitrogen and oxygen atoms in total. The Labute approximate surface area is 146 Å². The molecule has 0 aliphatic carbocycles. The van der Waals surface area contributed by atoms with Crippen molar-refractivity contribution in [2.45, 2.75) is 12.8 Å². The molecule has 0 fully saturated rings. The van der Waals surface area contributed by atoms with Crippen LogP contribution >= 0.6 is 0 Å². The SMILES string of the molecule is O=C(CCc1ccc(F)cc1)Nc1ccc(Nc2ccccc2)cc1. The zero-order valence-electron chi connectivity index (χ0n) is 13.7. The van der Waals surface area contributed by atoms with E-state index in [9.17, 15) is 9.18 Å². The van der Waals surface area contributed by atoms with Crippen molar-refractivity contribution in [2.24, 2.45) is 0 Å². The molecule has 0 spiro atoms. The zero-order chi connectivity index (χ0) is 17.5. The molecule has 3 aromatic rings. The topological polar surface area (TPSA) is 41.1 Å². The first-order chi connectivity index (χ1) is 12.2. The summed E-state index contributed by atoms with van der Waals surface area (Å²) >= 11 is 0. The van der Waals surface area contributed by atoms with Gasteiger partial charge in [-0.15, -0.1) is 0 Å². The summed E-state index contributed by atoms with van der Waals surface area (Å²) < 4.78 is 12.9. The predicted octanol–water partition coefficient (Wildman–Crippen LogP) is 5.14. The van der Waals surface area contributed by atoms with Crippen molar-refractivity contribution in [3.8, 4) is 0 Å². The molecule has 3 aromatic carbocycles. The predicted molar refractivity (Wildman–Crippen MR) is 99.5 cm³/mol. The highest BCUT2D eigenvalue weighted by Gasteiger charge is 2.04. The van der Waals surface area contributed by atoms with Crippen LogP contribution in [0.3, 0.4) is 0 Å². The molecule has 1 amide bonds. The fraction of sp³-hybridized carbons (Fsp3) is 0.0952. The Morgan fingerprint density at radius 3 is 2.04 bits per heavy atom. The lowest BCUT2D eigenvalue weighted by atomic mass is 10.1. The van der Waals surface area contributed by atoms with Crippen LogP contribution in [0.1, 0.15) is 12.0 Å². The highest BCUT2D eigenvalue weighted by Crippen LogP contribution is 2.18. The fourth-order valence-corrected chi connectivity index (χ4v) is 2.46. The number of aryl methyl sites for hydroxylation is 1. The minimum absolute atomic E-state index is 0.0620. The second-order valence-electron chi connectivity index (χ2n) is 5.74. The number of benzene rings is 3. The molecular formula is C21H19FN2O. The average molecular weight is 334 g/mol. The molecule has 2 N–H and O–H groups in total. The number of nitrogens with one attached hydrogen (secondary N) is 2. The van der Waals surface area contributed by atoms with Crippen LogP contribution in [-0.2, 0) is 11.2 Å². The molecule has 0 aliphatic rings. The Morgan fingerprint density at radius 1 is 0.760 bits per heavy atom. The van der Waals surface area contributed by atoms with Gasteiger partial charge in [0.2, 0.25) is 5.91 Å². The quantitative estimate of drug-likeness (QED) is 0.655. The van der Waals surface area contributed by atoms with Crippen LogP contribution < -0.4 is 10.6 Å². The van der Waals surface area contributed by atoms with Crippen molar-refractivity contribution in [3.05, 3.63) is 90.2 Å². The standard InChI is InChI=1S/C21H19FN2O/c22-17-9-6-16(7-10-17)8-15-21(25)24-20-13-11-19(12-14-20)23-18-4-2-1-3-5-18/h1-7,9-14,23H,8,15H2,(H,24,25). The van der Waals surface area contributed by atoms with Gasteiger partial charge in [-0.2, -0.15) is 0 Å².